The third-order valence-electron chi connectivity index (χ3n) is 2.37. The van der Waals surface area contributed by atoms with Crippen LogP contribution in [0.1, 0.15) is 5.56 Å². The predicted octanol–water partition coefficient (Wildman–Crippen LogP) is 0.979. The highest BCUT2D eigenvalue weighted by Gasteiger charge is 2.19. The third-order valence-corrected chi connectivity index (χ3v) is 2.37. The van der Waals surface area contributed by atoms with Crippen molar-refractivity contribution >= 4 is 11.0 Å². The second kappa shape index (κ2) is 2.41. The van der Waals surface area contributed by atoms with Crippen LogP contribution in [0.2, 0.25) is 0 Å². The van der Waals surface area contributed by atoms with Crippen LogP contribution in [0.25, 0.3) is 11.0 Å². The highest BCUT2D eigenvalue weighted by molar-refractivity contribution is 5.81. The van der Waals surface area contributed by atoms with Crippen molar-refractivity contribution in [3.63, 3.8) is 0 Å². The van der Waals surface area contributed by atoms with Gasteiger partial charge in [-0.2, -0.15) is 0 Å². The van der Waals surface area contributed by atoms with Crippen LogP contribution in [0.3, 0.4) is 0 Å². The molecule has 0 spiro atoms. The van der Waals surface area contributed by atoms with E-state index in [1.807, 2.05) is 0 Å². The van der Waals surface area contributed by atoms with Gasteiger partial charge in [-0.15, -0.1) is 0 Å². The maximum atomic E-state index is 13.3. The van der Waals surface area contributed by atoms with Crippen molar-refractivity contribution in [2.75, 3.05) is 0 Å². The molecule has 4 heteroatoms. The Morgan fingerprint density at radius 1 is 1.50 bits per heavy atom. The van der Waals surface area contributed by atoms with Crippen LogP contribution < -0.4 is 5.56 Å². The summed E-state index contributed by atoms with van der Waals surface area (Å²) in [6.07, 6.45) is 4.08. The number of hydrogen-bond donors (Lipinski definition) is 0. The average Bonchev–Trinajstić information content (AvgIpc) is 2.62. The largest absolute Gasteiger partial charge is 0.304 e. The highest BCUT2D eigenvalue weighted by atomic mass is 19.1. The molecular formula is C10H5FN2O. The molecule has 1 aromatic heterocycles. The molecule has 0 saturated carbocycles. The molecule has 68 valence electrons. The van der Waals surface area contributed by atoms with E-state index in [4.69, 9.17) is 0 Å². The number of benzene rings is 1. The summed E-state index contributed by atoms with van der Waals surface area (Å²) in [6, 6.07) is 2.91. The molecule has 0 amide bonds. The van der Waals surface area contributed by atoms with Crippen molar-refractivity contribution < 1.29 is 4.39 Å². The van der Waals surface area contributed by atoms with Gasteiger partial charge in [-0.05, 0) is 12.1 Å². The van der Waals surface area contributed by atoms with E-state index in [2.05, 4.69) is 11.4 Å². The molecule has 2 heterocycles. The van der Waals surface area contributed by atoms with Crippen molar-refractivity contribution in [2.45, 2.75) is 6.54 Å². The zero-order chi connectivity index (χ0) is 9.71. The molecule has 2 aromatic rings. The second-order valence-electron chi connectivity index (χ2n) is 3.15. The fourth-order valence-electron chi connectivity index (χ4n) is 1.72. The third kappa shape index (κ3) is 0.801. The van der Waals surface area contributed by atoms with Gasteiger partial charge in [0, 0.05) is 18.5 Å². The first-order valence-corrected chi connectivity index (χ1v) is 4.19. The Labute approximate surface area is 78.8 Å². The molecule has 0 fully saturated rings. The number of halogens is 1. The fraction of sp³-hybridized carbons (Fsp3) is 0.100. The van der Waals surface area contributed by atoms with Gasteiger partial charge in [0.1, 0.15) is 5.82 Å². The van der Waals surface area contributed by atoms with Crippen LogP contribution in [-0.4, -0.2) is 9.55 Å². The van der Waals surface area contributed by atoms with Crippen molar-refractivity contribution in [3.05, 3.63) is 46.5 Å². The molecule has 1 aromatic carbocycles. The lowest BCUT2D eigenvalue weighted by Gasteiger charge is -2.01. The molecule has 0 atom stereocenters. The van der Waals surface area contributed by atoms with Crippen molar-refractivity contribution in [2.24, 2.45) is 0 Å². The van der Waals surface area contributed by atoms with E-state index < -0.39 is 0 Å². The summed E-state index contributed by atoms with van der Waals surface area (Å²) >= 11 is 0. The first-order valence-electron chi connectivity index (χ1n) is 4.19. The van der Waals surface area contributed by atoms with E-state index in [0.29, 0.717) is 23.1 Å². The number of rotatable bonds is 0. The Hall–Kier alpha value is -1.71. The molecule has 0 bridgehead atoms. The lowest BCUT2D eigenvalue weighted by atomic mass is 10.1. The monoisotopic (exact) mass is 188 g/mol. The van der Waals surface area contributed by atoms with Crippen LogP contribution in [-0.2, 0) is 6.54 Å². The first kappa shape index (κ1) is 7.67. The summed E-state index contributed by atoms with van der Waals surface area (Å²) in [7, 11) is 0. The molecule has 14 heavy (non-hydrogen) atoms. The molecule has 3 rings (SSSR count). The van der Waals surface area contributed by atoms with Crippen LogP contribution in [0, 0.1) is 12.2 Å². The Morgan fingerprint density at radius 2 is 2.36 bits per heavy atom. The van der Waals surface area contributed by atoms with E-state index in [1.54, 1.807) is 6.07 Å². The van der Waals surface area contributed by atoms with Crippen molar-refractivity contribution in [3.8, 4) is 0 Å². The lowest BCUT2D eigenvalue weighted by molar-refractivity contribution is 0.623. The molecule has 3 nitrogen and oxygen atoms in total. The second-order valence-corrected chi connectivity index (χ2v) is 3.15. The van der Waals surface area contributed by atoms with E-state index in [-0.39, 0.29) is 11.4 Å². The summed E-state index contributed by atoms with van der Waals surface area (Å²) in [5.74, 6) is -0.351. The van der Waals surface area contributed by atoms with E-state index in [0.717, 1.165) is 0 Å². The first-order chi connectivity index (χ1) is 6.77. The van der Waals surface area contributed by atoms with Crippen molar-refractivity contribution in [1.29, 1.82) is 0 Å². The number of hydrogen-bond acceptors (Lipinski definition) is 2. The minimum atomic E-state index is -0.351. The Balaban J connectivity index is 2.62. The molecule has 0 saturated heterocycles. The van der Waals surface area contributed by atoms with Gasteiger partial charge < -0.3 is 4.57 Å². The number of aromatic nitrogens is 2. The topological polar surface area (TPSA) is 34.9 Å². The van der Waals surface area contributed by atoms with Gasteiger partial charge >= 0.3 is 0 Å². The van der Waals surface area contributed by atoms with Crippen molar-refractivity contribution in [1.82, 2.24) is 9.55 Å². The smallest absolute Gasteiger partial charge is 0.269 e. The van der Waals surface area contributed by atoms with Gasteiger partial charge in [-0.3, -0.25) is 4.79 Å². The average molecular weight is 188 g/mol. The van der Waals surface area contributed by atoms with Crippen LogP contribution >= 0.6 is 0 Å². The molecule has 0 N–H and O–H groups in total. The quantitative estimate of drug-likeness (QED) is 0.617. The van der Waals surface area contributed by atoms with E-state index in [9.17, 15) is 9.18 Å². The van der Waals surface area contributed by atoms with Gasteiger partial charge in [-0.25, -0.2) is 9.37 Å². The van der Waals surface area contributed by atoms with Gasteiger partial charge in [0.05, 0.1) is 17.2 Å². The normalized spacial score (nSPS) is 13.8. The zero-order valence-electron chi connectivity index (χ0n) is 7.12. The predicted molar refractivity (Wildman–Crippen MR) is 48.3 cm³/mol. The van der Waals surface area contributed by atoms with E-state index >= 15 is 0 Å². The van der Waals surface area contributed by atoms with Crippen LogP contribution in [0.5, 0.6) is 0 Å². The molecule has 1 aliphatic rings. The van der Waals surface area contributed by atoms with Gasteiger partial charge in [0.2, 0.25) is 0 Å². The maximum Gasteiger partial charge on any atom is 0.269 e. The maximum absolute atomic E-state index is 13.3. The minimum Gasteiger partial charge on any atom is -0.304 e. The summed E-state index contributed by atoms with van der Waals surface area (Å²) < 4.78 is 14.8. The lowest BCUT2D eigenvalue weighted by Crippen LogP contribution is -2.17. The van der Waals surface area contributed by atoms with Gasteiger partial charge in [-0.1, -0.05) is 0 Å². The Kier molecular flexibility index (Phi) is 1.32. The minimum absolute atomic E-state index is 0.214. The summed E-state index contributed by atoms with van der Waals surface area (Å²) in [6.45, 7) is 0.314. The molecule has 0 unspecified atom stereocenters. The summed E-state index contributed by atoms with van der Waals surface area (Å²) in [5.41, 5.74) is 1.34. The Bertz CT molecular complexity index is 588. The fourth-order valence-corrected chi connectivity index (χ4v) is 1.72. The SMILES string of the molecule is O=c1cnc2ccc(F)c3c2n1C[C]3. The standard InChI is InChI=1S/C10H5FN2O/c11-7-1-2-8-10-6(7)3-4-13(10)9(14)5-12-8/h1-2,5H,4H2. The van der Waals surface area contributed by atoms with Crippen LogP contribution in [0.15, 0.2) is 23.1 Å². The van der Waals surface area contributed by atoms with Gasteiger partial charge in [0.15, 0.2) is 0 Å². The van der Waals surface area contributed by atoms with Crippen LogP contribution in [0.4, 0.5) is 4.39 Å². The molecule has 2 radical (unpaired) electrons. The van der Waals surface area contributed by atoms with E-state index in [1.165, 1.54) is 16.8 Å². The molecule has 1 aliphatic heterocycles. The highest BCUT2D eigenvalue weighted by Crippen LogP contribution is 2.25. The zero-order valence-corrected chi connectivity index (χ0v) is 7.12. The Morgan fingerprint density at radius 3 is 3.21 bits per heavy atom. The summed E-state index contributed by atoms with van der Waals surface area (Å²) in [4.78, 5) is 15.3. The summed E-state index contributed by atoms with van der Waals surface area (Å²) in [5, 5.41) is 0. The van der Waals surface area contributed by atoms with Gasteiger partial charge in [0.25, 0.3) is 5.56 Å². The molecular weight excluding hydrogens is 183 g/mol. The number of nitrogens with zero attached hydrogens (tertiary/aromatic N) is 2. The molecule has 0 aliphatic carbocycles.